The summed E-state index contributed by atoms with van der Waals surface area (Å²) >= 11 is 0. The van der Waals surface area contributed by atoms with Gasteiger partial charge in [-0.1, -0.05) is 12.1 Å². The van der Waals surface area contributed by atoms with Gasteiger partial charge in [0, 0.05) is 11.1 Å². The summed E-state index contributed by atoms with van der Waals surface area (Å²) < 4.78 is 5.16. The first-order chi connectivity index (χ1) is 8.11. The highest BCUT2D eigenvalue weighted by atomic mass is 16.5. The summed E-state index contributed by atoms with van der Waals surface area (Å²) in [5.41, 5.74) is 2.10. The molecule has 4 nitrogen and oxygen atoms in total. The van der Waals surface area contributed by atoms with Crippen molar-refractivity contribution in [3.8, 4) is 17.0 Å². The van der Waals surface area contributed by atoms with Crippen molar-refractivity contribution in [2.75, 3.05) is 7.11 Å². The van der Waals surface area contributed by atoms with Crippen LogP contribution >= 0.6 is 0 Å². The van der Waals surface area contributed by atoms with Gasteiger partial charge in [-0.05, 0) is 26.0 Å². The Morgan fingerprint density at radius 2 is 2.06 bits per heavy atom. The third-order valence-electron chi connectivity index (χ3n) is 2.61. The first-order valence-corrected chi connectivity index (χ1v) is 5.34. The van der Waals surface area contributed by atoms with Crippen LogP contribution in [0.4, 0.5) is 0 Å². The number of H-pyrrole nitrogens is 1. The van der Waals surface area contributed by atoms with E-state index < -0.39 is 0 Å². The Morgan fingerprint density at radius 3 is 2.76 bits per heavy atom. The molecule has 0 aliphatic rings. The second kappa shape index (κ2) is 4.41. The second-order valence-corrected chi connectivity index (χ2v) is 3.86. The Balaban J connectivity index is 2.63. The van der Waals surface area contributed by atoms with Gasteiger partial charge in [0.25, 0.3) is 5.56 Å². The van der Waals surface area contributed by atoms with Crippen LogP contribution in [0.2, 0.25) is 0 Å². The summed E-state index contributed by atoms with van der Waals surface area (Å²) in [6.07, 6.45) is 0. The molecular weight excluding hydrogens is 216 g/mol. The predicted molar refractivity (Wildman–Crippen MR) is 66.3 cm³/mol. The van der Waals surface area contributed by atoms with Crippen LogP contribution in [-0.4, -0.2) is 17.1 Å². The normalized spacial score (nSPS) is 10.3. The summed E-state index contributed by atoms with van der Waals surface area (Å²) in [4.78, 5) is 18.7. The number of nitrogens with zero attached hydrogens (tertiary/aromatic N) is 1. The molecule has 0 atom stereocenters. The monoisotopic (exact) mass is 230 g/mol. The maximum absolute atomic E-state index is 11.7. The molecule has 1 heterocycles. The zero-order chi connectivity index (χ0) is 12.4. The van der Waals surface area contributed by atoms with Gasteiger partial charge in [-0.15, -0.1) is 0 Å². The van der Waals surface area contributed by atoms with Crippen LogP contribution in [0, 0.1) is 13.8 Å². The fourth-order valence-electron chi connectivity index (χ4n) is 1.70. The highest BCUT2D eigenvalue weighted by Crippen LogP contribution is 2.23. The van der Waals surface area contributed by atoms with Gasteiger partial charge < -0.3 is 9.72 Å². The quantitative estimate of drug-likeness (QED) is 0.859. The molecule has 1 N–H and O–H groups in total. The van der Waals surface area contributed by atoms with E-state index in [1.54, 1.807) is 21.0 Å². The van der Waals surface area contributed by atoms with Crippen molar-refractivity contribution in [3.63, 3.8) is 0 Å². The molecule has 0 saturated heterocycles. The van der Waals surface area contributed by atoms with Crippen molar-refractivity contribution in [1.82, 2.24) is 9.97 Å². The van der Waals surface area contributed by atoms with Crippen molar-refractivity contribution in [2.24, 2.45) is 0 Å². The number of rotatable bonds is 2. The number of aromatic amines is 1. The van der Waals surface area contributed by atoms with Gasteiger partial charge in [0.1, 0.15) is 11.6 Å². The van der Waals surface area contributed by atoms with E-state index in [1.807, 2.05) is 24.3 Å². The number of hydrogen-bond acceptors (Lipinski definition) is 3. The SMILES string of the molecule is COc1cccc(-c2nc(C)[nH]c(=O)c2C)c1. The lowest BCUT2D eigenvalue weighted by Crippen LogP contribution is -2.14. The summed E-state index contributed by atoms with van der Waals surface area (Å²) in [6, 6.07) is 7.52. The Labute approximate surface area is 99.3 Å². The molecule has 1 aromatic carbocycles. The van der Waals surface area contributed by atoms with E-state index >= 15 is 0 Å². The molecule has 0 amide bonds. The number of nitrogens with one attached hydrogen (secondary N) is 1. The van der Waals surface area contributed by atoms with Crippen LogP contribution in [0.3, 0.4) is 0 Å². The van der Waals surface area contributed by atoms with E-state index in [1.165, 1.54) is 0 Å². The number of hydrogen-bond donors (Lipinski definition) is 1. The van der Waals surface area contributed by atoms with Crippen molar-refractivity contribution in [1.29, 1.82) is 0 Å². The number of aryl methyl sites for hydroxylation is 1. The number of aromatic nitrogens is 2. The smallest absolute Gasteiger partial charge is 0.254 e. The van der Waals surface area contributed by atoms with Gasteiger partial charge in [-0.3, -0.25) is 4.79 Å². The average molecular weight is 230 g/mol. The second-order valence-electron chi connectivity index (χ2n) is 3.86. The van der Waals surface area contributed by atoms with Gasteiger partial charge in [-0.25, -0.2) is 4.98 Å². The molecule has 1 aromatic heterocycles. The van der Waals surface area contributed by atoms with E-state index in [0.29, 0.717) is 17.1 Å². The molecular formula is C13H14N2O2. The van der Waals surface area contributed by atoms with Gasteiger partial charge in [0.2, 0.25) is 0 Å². The maximum Gasteiger partial charge on any atom is 0.254 e. The summed E-state index contributed by atoms with van der Waals surface area (Å²) in [6.45, 7) is 3.53. The van der Waals surface area contributed by atoms with E-state index in [2.05, 4.69) is 9.97 Å². The van der Waals surface area contributed by atoms with Gasteiger partial charge in [0.05, 0.1) is 12.8 Å². The molecule has 0 aliphatic heterocycles. The van der Waals surface area contributed by atoms with E-state index in [4.69, 9.17) is 4.74 Å². The van der Waals surface area contributed by atoms with Crippen molar-refractivity contribution in [2.45, 2.75) is 13.8 Å². The Hall–Kier alpha value is -2.10. The molecule has 0 aliphatic carbocycles. The van der Waals surface area contributed by atoms with Crippen LogP contribution in [-0.2, 0) is 0 Å². The van der Waals surface area contributed by atoms with Gasteiger partial charge in [-0.2, -0.15) is 0 Å². The molecule has 2 rings (SSSR count). The molecule has 0 unspecified atom stereocenters. The van der Waals surface area contributed by atoms with E-state index in [-0.39, 0.29) is 5.56 Å². The predicted octanol–water partition coefficient (Wildman–Crippen LogP) is 2.06. The lowest BCUT2D eigenvalue weighted by Gasteiger charge is -2.07. The van der Waals surface area contributed by atoms with Crippen molar-refractivity contribution >= 4 is 0 Å². The minimum atomic E-state index is -0.102. The highest BCUT2D eigenvalue weighted by Gasteiger charge is 2.08. The Kier molecular flexibility index (Phi) is 2.95. The van der Waals surface area contributed by atoms with Crippen LogP contribution in [0.1, 0.15) is 11.4 Å². The molecule has 0 saturated carbocycles. The van der Waals surface area contributed by atoms with Crippen molar-refractivity contribution in [3.05, 3.63) is 46.0 Å². The summed E-state index contributed by atoms with van der Waals surface area (Å²) in [5, 5.41) is 0. The van der Waals surface area contributed by atoms with Crippen LogP contribution < -0.4 is 10.3 Å². The van der Waals surface area contributed by atoms with Crippen LogP contribution in [0.25, 0.3) is 11.3 Å². The topological polar surface area (TPSA) is 55.0 Å². The summed E-state index contributed by atoms with van der Waals surface area (Å²) in [7, 11) is 1.61. The fourth-order valence-corrected chi connectivity index (χ4v) is 1.70. The third-order valence-corrected chi connectivity index (χ3v) is 2.61. The lowest BCUT2D eigenvalue weighted by molar-refractivity contribution is 0.415. The minimum Gasteiger partial charge on any atom is -0.497 e. The van der Waals surface area contributed by atoms with Gasteiger partial charge in [0.15, 0.2) is 0 Å². The van der Waals surface area contributed by atoms with Crippen LogP contribution in [0.15, 0.2) is 29.1 Å². The first-order valence-electron chi connectivity index (χ1n) is 5.34. The zero-order valence-corrected chi connectivity index (χ0v) is 10.1. The molecule has 4 heteroatoms. The van der Waals surface area contributed by atoms with Crippen LogP contribution in [0.5, 0.6) is 5.75 Å². The highest BCUT2D eigenvalue weighted by molar-refractivity contribution is 5.64. The maximum atomic E-state index is 11.7. The Bertz CT molecular complexity index is 603. The molecule has 0 radical (unpaired) electrons. The first kappa shape index (κ1) is 11.4. The molecule has 0 spiro atoms. The molecule has 0 fully saturated rings. The molecule has 2 aromatic rings. The Morgan fingerprint density at radius 1 is 1.29 bits per heavy atom. The number of methoxy groups -OCH3 is 1. The number of benzene rings is 1. The largest absolute Gasteiger partial charge is 0.497 e. The zero-order valence-electron chi connectivity index (χ0n) is 10.1. The van der Waals surface area contributed by atoms with Crippen molar-refractivity contribution < 1.29 is 4.74 Å². The summed E-state index contributed by atoms with van der Waals surface area (Å²) in [5.74, 6) is 1.36. The molecule has 17 heavy (non-hydrogen) atoms. The minimum absolute atomic E-state index is 0.102. The fraction of sp³-hybridized carbons (Fsp3) is 0.231. The lowest BCUT2D eigenvalue weighted by atomic mass is 10.1. The van der Waals surface area contributed by atoms with E-state index in [9.17, 15) is 4.79 Å². The third kappa shape index (κ3) is 2.20. The average Bonchev–Trinajstić information content (AvgIpc) is 2.34. The molecule has 88 valence electrons. The van der Waals surface area contributed by atoms with Gasteiger partial charge >= 0.3 is 0 Å². The van der Waals surface area contributed by atoms with E-state index in [0.717, 1.165) is 11.3 Å². The molecule has 0 bridgehead atoms. The standard InChI is InChI=1S/C13H14N2O2/c1-8-12(14-9(2)15-13(8)16)10-5-4-6-11(7-10)17-3/h4-7H,1-3H3,(H,14,15,16). The number of ether oxygens (including phenoxy) is 1.